The highest BCUT2D eigenvalue weighted by Gasteiger charge is 2.26. The monoisotopic (exact) mass is 308 g/mol. The molecule has 0 amide bonds. The maximum absolute atomic E-state index is 6.79. The van der Waals surface area contributed by atoms with E-state index in [1.807, 2.05) is 6.07 Å². The normalized spacial score (nSPS) is 14.1. The second-order valence-electron chi connectivity index (χ2n) is 5.01. The molecule has 0 saturated carbocycles. The maximum atomic E-state index is 6.79. The summed E-state index contributed by atoms with van der Waals surface area (Å²) in [4.78, 5) is 0. The van der Waals surface area contributed by atoms with E-state index < -0.39 is 7.38 Å². The first-order chi connectivity index (χ1) is 9.12. The minimum Gasteiger partial charge on any atom is -0.161 e. The maximum Gasteiger partial charge on any atom is 0.184 e. The number of hydrogen-bond donors (Lipinski definition) is 0. The Balaban J connectivity index is 2.01. The lowest BCUT2D eigenvalue weighted by Gasteiger charge is -2.19. The predicted molar refractivity (Wildman–Crippen MR) is 88.1 cm³/mol. The van der Waals surface area contributed by atoms with Crippen LogP contribution in [0.1, 0.15) is 11.1 Å². The third-order valence-electron chi connectivity index (χ3n) is 3.44. The van der Waals surface area contributed by atoms with Gasteiger partial charge in [-0.1, -0.05) is 61.1 Å². The number of hydrogen-bond acceptors (Lipinski definition) is 0. The zero-order chi connectivity index (χ0) is 13.7. The van der Waals surface area contributed by atoms with E-state index in [2.05, 4.69) is 55.1 Å². The first-order valence-corrected chi connectivity index (χ1v) is 10.8. The highest BCUT2D eigenvalue weighted by molar-refractivity contribution is 7.26. The van der Waals surface area contributed by atoms with Crippen LogP contribution in [0.2, 0.25) is 12.6 Å². The van der Waals surface area contributed by atoms with Crippen LogP contribution in [0, 0.1) is 0 Å². The summed E-state index contributed by atoms with van der Waals surface area (Å²) in [6.45, 7) is 2.22. The van der Waals surface area contributed by atoms with Crippen LogP contribution in [0.25, 0.3) is 0 Å². The van der Waals surface area contributed by atoms with Crippen molar-refractivity contribution >= 4 is 35.3 Å². The molecule has 0 fully saturated rings. The summed E-state index contributed by atoms with van der Waals surface area (Å²) in [7, 11) is -1.84. The van der Waals surface area contributed by atoms with Gasteiger partial charge in [-0.3, -0.25) is 0 Å². The number of rotatable bonds is 5. The Bertz CT molecular complexity index is 506. The van der Waals surface area contributed by atoms with Crippen LogP contribution in [0.3, 0.4) is 0 Å². The van der Waals surface area contributed by atoms with Crippen molar-refractivity contribution in [2.24, 2.45) is 0 Å². The smallest absolute Gasteiger partial charge is 0.161 e. The molecule has 0 radical (unpaired) electrons. The van der Waals surface area contributed by atoms with Gasteiger partial charge in [0.1, 0.15) is 0 Å². The molecule has 0 aliphatic rings. The standard InChI is InChI=1S/C16H18Cl2Si/c1-19(18,16-5-3-2-4-6-16)12-11-14-7-9-15(13-17)10-8-14/h2-10H,11-13H2,1H3. The fraction of sp³-hybridized carbons (Fsp3) is 0.250. The van der Waals surface area contributed by atoms with Crippen molar-refractivity contribution in [1.29, 1.82) is 0 Å². The van der Waals surface area contributed by atoms with E-state index in [0.29, 0.717) is 5.88 Å². The van der Waals surface area contributed by atoms with E-state index in [4.69, 9.17) is 22.7 Å². The van der Waals surface area contributed by atoms with Crippen LogP contribution in [0.4, 0.5) is 0 Å². The molecule has 2 aromatic carbocycles. The Labute approximate surface area is 126 Å². The van der Waals surface area contributed by atoms with Crippen LogP contribution >= 0.6 is 22.7 Å². The first-order valence-electron chi connectivity index (χ1n) is 6.50. The topological polar surface area (TPSA) is 0 Å². The van der Waals surface area contributed by atoms with Gasteiger partial charge in [-0.2, -0.15) is 11.1 Å². The van der Waals surface area contributed by atoms with Crippen LogP contribution in [-0.2, 0) is 12.3 Å². The molecule has 0 N–H and O–H groups in total. The van der Waals surface area contributed by atoms with Gasteiger partial charge < -0.3 is 0 Å². The van der Waals surface area contributed by atoms with E-state index in [1.165, 1.54) is 16.3 Å². The summed E-state index contributed by atoms with van der Waals surface area (Å²) in [5.41, 5.74) is 2.50. The quantitative estimate of drug-likeness (QED) is 0.427. The second-order valence-corrected chi connectivity index (χ2v) is 11.3. The highest BCUT2D eigenvalue weighted by Crippen LogP contribution is 2.19. The van der Waals surface area contributed by atoms with Gasteiger partial charge in [0.15, 0.2) is 7.38 Å². The minimum atomic E-state index is -1.84. The van der Waals surface area contributed by atoms with Crippen LogP contribution in [-0.4, -0.2) is 7.38 Å². The molecule has 2 aromatic rings. The fourth-order valence-electron chi connectivity index (χ4n) is 2.10. The van der Waals surface area contributed by atoms with E-state index in [9.17, 15) is 0 Å². The van der Waals surface area contributed by atoms with Crippen LogP contribution < -0.4 is 5.19 Å². The molecule has 0 heterocycles. The van der Waals surface area contributed by atoms with E-state index in [1.54, 1.807) is 0 Å². The molecule has 3 heteroatoms. The van der Waals surface area contributed by atoms with Gasteiger partial charge in [0, 0.05) is 5.88 Å². The largest absolute Gasteiger partial charge is 0.184 e. The summed E-state index contributed by atoms with van der Waals surface area (Å²) in [5.74, 6) is 0.576. The Morgan fingerprint density at radius 2 is 1.47 bits per heavy atom. The zero-order valence-electron chi connectivity index (χ0n) is 11.1. The van der Waals surface area contributed by atoms with E-state index in [0.717, 1.165) is 12.5 Å². The number of aryl methyl sites for hydroxylation is 1. The van der Waals surface area contributed by atoms with E-state index in [-0.39, 0.29) is 0 Å². The van der Waals surface area contributed by atoms with Crippen molar-refractivity contribution in [3.63, 3.8) is 0 Å². The van der Waals surface area contributed by atoms with Crippen LogP contribution in [0.5, 0.6) is 0 Å². The van der Waals surface area contributed by atoms with Gasteiger partial charge in [0.2, 0.25) is 0 Å². The molecule has 0 aromatic heterocycles. The van der Waals surface area contributed by atoms with Crippen molar-refractivity contribution in [3.8, 4) is 0 Å². The molecule has 0 spiro atoms. The summed E-state index contributed by atoms with van der Waals surface area (Å²) in [5, 5.41) is 1.31. The van der Waals surface area contributed by atoms with Crippen molar-refractivity contribution in [3.05, 3.63) is 65.7 Å². The number of benzene rings is 2. The Morgan fingerprint density at radius 1 is 0.895 bits per heavy atom. The van der Waals surface area contributed by atoms with Crippen molar-refractivity contribution in [2.45, 2.75) is 24.9 Å². The number of alkyl halides is 1. The van der Waals surface area contributed by atoms with E-state index >= 15 is 0 Å². The summed E-state index contributed by atoms with van der Waals surface area (Å²) in [6.07, 6.45) is 1.03. The minimum absolute atomic E-state index is 0.576. The Morgan fingerprint density at radius 3 is 2.05 bits per heavy atom. The van der Waals surface area contributed by atoms with Gasteiger partial charge in [-0.15, -0.1) is 11.6 Å². The van der Waals surface area contributed by atoms with Crippen molar-refractivity contribution in [2.75, 3.05) is 0 Å². The predicted octanol–water partition coefficient (Wildman–Crippen LogP) is 4.69. The van der Waals surface area contributed by atoms with Gasteiger partial charge in [-0.25, -0.2) is 0 Å². The average molecular weight is 309 g/mol. The zero-order valence-corrected chi connectivity index (χ0v) is 13.6. The second kappa shape index (κ2) is 6.60. The number of halogens is 2. The molecule has 19 heavy (non-hydrogen) atoms. The highest BCUT2D eigenvalue weighted by atomic mass is 35.6. The first kappa shape index (κ1) is 14.6. The Kier molecular flexibility index (Phi) is 5.09. The summed E-state index contributed by atoms with van der Waals surface area (Å²) in [6, 6.07) is 20.0. The lowest BCUT2D eigenvalue weighted by Crippen LogP contribution is -2.38. The third-order valence-corrected chi connectivity index (χ3v) is 7.69. The molecule has 0 nitrogen and oxygen atoms in total. The molecule has 0 aliphatic carbocycles. The van der Waals surface area contributed by atoms with Crippen molar-refractivity contribution < 1.29 is 0 Å². The van der Waals surface area contributed by atoms with Gasteiger partial charge >= 0.3 is 0 Å². The summed E-state index contributed by atoms with van der Waals surface area (Å²) >= 11 is 12.6. The van der Waals surface area contributed by atoms with Crippen molar-refractivity contribution in [1.82, 2.24) is 0 Å². The molecular weight excluding hydrogens is 291 g/mol. The molecular formula is C16H18Cl2Si. The third kappa shape index (κ3) is 4.10. The molecule has 0 aliphatic heterocycles. The summed E-state index contributed by atoms with van der Waals surface area (Å²) < 4.78 is 0. The van der Waals surface area contributed by atoms with Gasteiger partial charge in [-0.05, 0) is 28.8 Å². The molecule has 0 bridgehead atoms. The SMILES string of the molecule is C[Si](Cl)(CCc1ccc(CCl)cc1)c1ccccc1. The molecule has 2 rings (SSSR count). The van der Waals surface area contributed by atoms with Gasteiger partial charge in [0.25, 0.3) is 0 Å². The molecule has 100 valence electrons. The Hall–Kier alpha value is -0.763. The molecule has 1 unspecified atom stereocenters. The van der Waals surface area contributed by atoms with Gasteiger partial charge in [0.05, 0.1) is 0 Å². The lowest BCUT2D eigenvalue weighted by atomic mass is 10.1. The lowest BCUT2D eigenvalue weighted by molar-refractivity contribution is 1.11. The average Bonchev–Trinajstić information content (AvgIpc) is 2.47. The van der Waals surface area contributed by atoms with Crippen LogP contribution in [0.15, 0.2) is 54.6 Å². The fourth-order valence-corrected chi connectivity index (χ4v) is 4.88. The molecule has 1 atom stereocenters. The molecule has 0 saturated heterocycles.